The Bertz CT molecular complexity index is 1470. The summed E-state index contributed by atoms with van der Waals surface area (Å²) in [5, 5.41) is 8.84. The first-order chi connectivity index (χ1) is 16.6. The highest BCUT2D eigenvalue weighted by Gasteiger charge is 2.38. The van der Waals surface area contributed by atoms with E-state index in [1.807, 2.05) is 0 Å². The number of halogens is 9. The van der Waals surface area contributed by atoms with Gasteiger partial charge < -0.3 is 8.98 Å². The first kappa shape index (κ1) is 25.2. The molecule has 0 fully saturated rings. The third-order valence-corrected chi connectivity index (χ3v) is 5.40. The first-order valence-electron chi connectivity index (χ1n) is 9.94. The van der Waals surface area contributed by atoms with Gasteiger partial charge in [0.05, 0.1) is 40.6 Å². The van der Waals surface area contributed by atoms with Crippen LogP contribution in [0.15, 0.2) is 47.1 Å². The van der Waals surface area contributed by atoms with E-state index < -0.39 is 52.2 Å². The molecule has 2 heterocycles. The molecule has 0 atom stereocenters. The SMILES string of the molecule is Cc1cc2c(C(F)(F)F)c(C#N)ccc2n1Cc1coc(-c2cc(C(F)(F)F)cc(C(F)(F)F)c2)n1. The minimum absolute atomic E-state index is 0.0313. The van der Waals surface area contributed by atoms with Gasteiger partial charge in [0.1, 0.15) is 6.26 Å². The van der Waals surface area contributed by atoms with Crippen LogP contribution in [0.25, 0.3) is 22.4 Å². The Morgan fingerprint density at radius 3 is 2.03 bits per heavy atom. The molecule has 0 aliphatic carbocycles. The monoisotopic (exact) mass is 517 g/mol. The van der Waals surface area contributed by atoms with Gasteiger partial charge in [-0.15, -0.1) is 0 Å². The summed E-state index contributed by atoms with van der Waals surface area (Å²) < 4.78 is 126. The maximum Gasteiger partial charge on any atom is 0.418 e. The fourth-order valence-corrected chi connectivity index (χ4v) is 3.83. The lowest BCUT2D eigenvalue weighted by Crippen LogP contribution is -2.11. The van der Waals surface area contributed by atoms with Crippen molar-refractivity contribution in [1.29, 1.82) is 5.26 Å². The second kappa shape index (κ2) is 8.32. The van der Waals surface area contributed by atoms with Gasteiger partial charge in [0.2, 0.25) is 5.89 Å². The number of nitriles is 1. The summed E-state index contributed by atoms with van der Waals surface area (Å²) in [5.74, 6) is -0.529. The van der Waals surface area contributed by atoms with E-state index in [9.17, 15) is 39.5 Å². The van der Waals surface area contributed by atoms with E-state index in [4.69, 9.17) is 9.68 Å². The summed E-state index contributed by atoms with van der Waals surface area (Å²) in [6.45, 7) is 1.29. The minimum Gasteiger partial charge on any atom is -0.444 e. The van der Waals surface area contributed by atoms with Crippen molar-refractivity contribution in [2.45, 2.75) is 32.0 Å². The van der Waals surface area contributed by atoms with E-state index >= 15 is 0 Å². The van der Waals surface area contributed by atoms with Crippen molar-refractivity contribution in [3.63, 3.8) is 0 Å². The average molecular weight is 517 g/mol. The smallest absolute Gasteiger partial charge is 0.418 e. The third kappa shape index (κ3) is 4.62. The van der Waals surface area contributed by atoms with Gasteiger partial charge in [0.25, 0.3) is 0 Å². The molecule has 0 spiro atoms. The van der Waals surface area contributed by atoms with Crippen molar-refractivity contribution in [3.8, 4) is 17.5 Å². The molecular weight excluding hydrogens is 505 g/mol. The average Bonchev–Trinajstić information content (AvgIpc) is 3.35. The van der Waals surface area contributed by atoms with Crippen molar-refractivity contribution in [2.75, 3.05) is 0 Å². The first-order valence-corrected chi connectivity index (χ1v) is 9.94. The molecule has 0 bridgehead atoms. The van der Waals surface area contributed by atoms with Gasteiger partial charge in [-0.25, -0.2) is 4.98 Å². The van der Waals surface area contributed by atoms with Crippen LogP contribution in [0.3, 0.4) is 0 Å². The molecule has 0 saturated heterocycles. The van der Waals surface area contributed by atoms with Crippen LogP contribution in [0, 0.1) is 18.3 Å². The van der Waals surface area contributed by atoms with Crippen molar-refractivity contribution in [3.05, 3.63) is 76.3 Å². The van der Waals surface area contributed by atoms with Crippen molar-refractivity contribution < 1.29 is 43.9 Å². The van der Waals surface area contributed by atoms with Gasteiger partial charge in [-0.1, -0.05) is 0 Å². The number of benzene rings is 2. The van der Waals surface area contributed by atoms with Gasteiger partial charge in [-0.05, 0) is 43.3 Å². The highest BCUT2D eigenvalue weighted by atomic mass is 19.4. The van der Waals surface area contributed by atoms with Crippen LogP contribution in [-0.2, 0) is 25.1 Å². The van der Waals surface area contributed by atoms with E-state index in [0.29, 0.717) is 17.8 Å². The molecule has 13 heteroatoms. The summed E-state index contributed by atoms with van der Waals surface area (Å²) in [6, 6.07) is 5.93. The predicted molar refractivity (Wildman–Crippen MR) is 107 cm³/mol. The van der Waals surface area contributed by atoms with Crippen LogP contribution in [0.2, 0.25) is 0 Å². The van der Waals surface area contributed by atoms with Crippen molar-refractivity contribution in [2.24, 2.45) is 0 Å². The Morgan fingerprint density at radius 2 is 1.50 bits per heavy atom. The van der Waals surface area contributed by atoms with E-state index in [1.165, 1.54) is 29.7 Å². The normalized spacial score (nSPS) is 12.8. The van der Waals surface area contributed by atoms with Crippen LogP contribution >= 0.6 is 0 Å². The molecule has 4 nitrogen and oxygen atoms in total. The molecule has 2 aromatic heterocycles. The summed E-state index contributed by atoms with van der Waals surface area (Å²) in [4.78, 5) is 3.96. The molecule has 0 unspecified atom stereocenters. The molecule has 4 rings (SSSR count). The minimum atomic E-state index is -5.06. The molecular formula is C23H12F9N3O. The lowest BCUT2D eigenvalue weighted by Gasteiger charge is -2.13. The van der Waals surface area contributed by atoms with Gasteiger partial charge in [-0.3, -0.25) is 0 Å². The zero-order chi connectivity index (χ0) is 26.6. The fourth-order valence-electron chi connectivity index (χ4n) is 3.83. The Labute approximate surface area is 196 Å². The quantitative estimate of drug-likeness (QED) is 0.263. The number of alkyl halides is 9. The fraction of sp³-hybridized carbons (Fsp3) is 0.217. The summed E-state index contributed by atoms with van der Waals surface area (Å²) in [7, 11) is 0. The number of aromatic nitrogens is 2. The van der Waals surface area contributed by atoms with Gasteiger partial charge in [-0.2, -0.15) is 44.8 Å². The summed E-state index contributed by atoms with van der Waals surface area (Å²) >= 11 is 0. The molecule has 36 heavy (non-hydrogen) atoms. The highest BCUT2D eigenvalue weighted by Crippen LogP contribution is 2.40. The van der Waals surface area contributed by atoms with E-state index in [1.54, 1.807) is 0 Å². The lowest BCUT2D eigenvalue weighted by atomic mass is 10.0. The largest absolute Gasteiger partial charge is 0.444 e. The maximum absolute atomic E-state index is 13.6. The van der Waals surface area contributed by atoms with Crippen LogP contribution in [-0.4, -0.2) is 9.55 Å². The Kier molecular flexibility index (Phi) is 5.81. The van der Waals surface area contributed by atoms with Crippen LogP contribution in [0.5, 0.6) is 0 Å². The van der Waals surface area contributed by atoms with E-state index in [2.05, 4.69) is 4.98 Å². The Balaban J connectivity index is 1.77. The van der Waals surface area contributed by atoms with Gasteiger partial charge in [0, 0.05) is 22.2 Å². The van der Waals surface area contributed by atoms with Gasteiger partial charge >= 0.3 is 18.5 Å². The topological polar surface area (TPSA) is 54.8 Å². The number of nitrogens with zero attached hydrogens (tertiary/aromatic N) is 3. The molecule has 188 valence electrons. The van der Waals surface area contributed by atoms with Crippen molar-refractivity contribution >= 4 is 10.9 Å². The second-order valence-electron chi connectivity index (χ2n) is 7.84. The molecule has 0 N–H and O–H groups in total. The maximum atomic E-state index is 13.6. The standard InChI is InChI=1S/C23H12F9N3O/c1-11-4-17-18(3-2-12(8-33)19(17)23(30,31)32)35(11)9-16-10-36-20(34-16)13-5-14(21(24,25)26)7-15(6-13)22(27,28)29/h2-7,10H,9H2,1H3. The number of fused-ring (bicyclic) bond motifs is 1. The molecule has 0 radical (unpaired) electrons. The number of oxazole rings is 1. The third-order valence-electron chi connectivity index (χ3n) is 5.40. The lowest BCUT2D eigenvalue weighted by molar-refractivity contribution is -0.143. The summed E-state index contributed by atoms with van der Waals surface area (Å²) in [6.07, 6.45) is -14.0. The molecule has 2 aromatic carbocycles. The van der Waals surface area contributed by atoms with Crippen LogP contribution in [0.4, 0.5) is 39.5 Å². The number of hydrogen-bond acceptors (Lipinski definition) is 3. The van der Waals surface area contributed by atoms with E-state index in [0.717, 1.165) is 12.3 Å². The second-order valence-corrected chi connectivity index (χ2v) is 7.84. The molecule has 4 aromatic rings. The Hall–Kier alpha value is -3.95. The molecule has 0 amide bonds. The van der Waals surface area contributed by atoms with Gasteiger partial charge in [0.15, 0.2) is 0 Å². The molecule has 0 saturated carbocycles. The van der Waals surface area contributed by atoms with E-state index in [-0.39, 0.29) is 29.2 Å². The number of aryl methyl sites for hydroxylation is 1. The molecule has 0 aliphatic rings. The van der Waals surface area contributed by atoms with Crippen LogP contribution in [0.1, 0.15) is 33.6 Å². The summed E-state index contributed by atoms with van der Waals surface area (Å²) in [5.41, 5.74) is -4.88. The van der Waals surface area contributed by atoms with Crippen LogP contribution < -0.4 is 0 Å². The zero-order valence-corrected chi connectivity index (χ0v) is 17.9. The zero-order valence-electron chi connectivity index (χ0n) is 17.9. The predicted octanol–water partition coefficient (Wildman–Crippen LogP) is 7.58. The number of rotatable bonds is 3. The molecule has 0 aliphatic heterocycles. The Morgan fingerprint density at radius 1 is 0.889 bits per heavy atom. The highest BCUT2D eigenvalue weighted by molar-refractivity contribution is 5.87. The van der Waals surface area contributed by atoms with Crippen molar-refractivity contribution in [1.82, 2.24) is 9.55 Å². The number of hydrogen-bond donors (Lipinski definition) is 0.